The van der Waals surface area contributed by atoms with Gasteiger partial charge in [-0.3, -0.25) is 19.3 Å². The van der Waals surface area contributed by atoms with Crippen LogP contribution in [0.4, 0.5) is 5.69 Å². The second-order valence-corrected chi connectivity index (χ2v) is 11.4. The molecule has 3 aromatic carbocycles. The van der Waals surface area contributed by atoms with Crippen molar-refractivity contribution >= 4 is 34.2 Å². The van der Waals surface area contributed by atoms with Crippen molar-refractivity contribution in [2.45, 2.75) is 64.0 Å². The number of nitrogens with zero attached hydrogens (tertiary/aromatic N) is 1. The van der Waals surface area contributed by atoms with Crippen LogP contribution in [0.1, 0.15) is 73.0 Å². The van der Waals surface area contributed by atoms with Crippen LogP contribution < -0.4 is 24.4 Å². The number of rotatable bonds is 12. The lowest BCUT2D eigenvalue weighted by molar-refractivity contribution is -0.127. The van der Waals surface area contributed by atoms with E-state index in [1.807, 2.05) is 30.5 Å². The number of benzene rings is 3. The Morgan fingerprint density at radius 1 is 0.911 bits per heavy atom. The Morgan fingerprint density at radius 3 is 2.20 bits per heavy atom. The third-order valence-electron chi connectivity index (χ3n) is 8.56. The Bertz CT molecular complexity index is 1630. The Balaban J connectivity index is 1.60. The molecule has 1 fully saturated rings. The zero-order valence-electron chi connectivity index (χ0n) is 26.4. The summed E-state index contributed by atoms with van der Waals surface area (Å²) in [5.41, 5.74) is 3.54. The molecule has 9 nitrogen and oxygen atoms in total. The summed E-state index contributed by atoms with van der Waals surface area (Å²) >= 11 is 0. The molecule has 1 saturated carbocycles. The number of aryl methyl sites for hydroxylation is 1. The highest BCUT2D eigenvalue weighted by atomic mass is 16.5. The van der Waals surface area contributed by atoms with Gasteiger partial charge in [0.2, 0.25) is 17.6 Å². The number of carbonyl (C=O) groups excluding carboxylic acids is 3. The summed E-state index contributed by atoms with van der Waals surface area (Å²) in [6, 6.07) is 17.2. The van der Waals surface area contributed by atoms with Gasteiger partial charge in [-0.1, -0.05) is 37.5 Å². The first kappa shape index (κ1) is 31.6. The molecule has 45 heavy (non-hydrogen) atoms. The Morgan fingerprint density at radius 2 is 1.58 bits per heavy atom. The zero-order valence-corrected chi connectivity index (χ0v) is 26.4. The number of H-pyrrole nitrogens is 1. The summed E-state index contributed by atoms with van der Waals surface area (Å²) in [5, 5.41) is 4.30. The lowest BCUT2D eigenvalue weighted by Gasteiger charge is -2.34. The van der Waals surface area contributed by atoms with Crippen molar-refractivity contribution in [3.8, 4) is 17.2 Å². The maximum Gasteiger partial charge on any atom is 0.248 e. The van der Waals surface area contributed by atoms with Gasteiger partial charge in [-0.2, -0.15) is 0 Å². The van der Waals surface area contributed by atoms with Gasteiger partial charge in [-0.15, -0.1) is 0 Å². The molecule has 1 aliphatic rings. The van der Waals surface area contributed by atoms with Gasteiger partial charge in [0.1, 0.15) is 6.04 Å². The number of aromatic nitrogens is 1. The van der Waals surface area contributed by atoms with Crippen molar-refractivity contribution in [2.75, 3.05) is 26.2 Å². The predicted molar refractivity (Wildman–Crippen MR) is 174 cm³/mol. The average molecular weight is 612 g/mol. The number of ether oxygens (including phenoxy) is 3. The molecule has 0 spiro atoms. The third-order valence-corrected chi connectivity index (χ3v) is 8.56. The summed E-state index contributed by atoms with van der Waals surface area (Å²) in [6.07, 6.45) is 7.54. The zero-order chi connectivity index (χ0) is 31.9. The maximum absolute atomic E-state index is 14.4. The molecule has 0 aliphatic heterocycles. The van der Waals surface area contributed by atoms with Crippen LogP contribution in [0.25, 0.3) is 10.9 Å². The van der Waals surface area contributed by atoms with Gasteiger partial charge in [0.05, 0.1) is 21.3 Å². The normalized spacial score (nSPS) is 14.0. The first-order valence-corrected chi connectivity index (χ1v) is 15.4. The highest BCUT2D eigenvalue weighted by Crippen LogP contribution is 2.42. The van der Waals surface area contributed by atoms with Crippen LogP contribution in [0.2, 0.25) is 0 Å². The van der Waals surface area contributed by atoms with Gasteiger partial charge in [-0.05, 0) is 79.8 Å². The molecule has 0 bridgehead atoms. The van der Waals surface area contributed by atoms with E-state index in [1.54, 1.807) is 36.4 Å². The predicted octanol–water partition coefficient (Wildman–Crippen LogP) is 6.55. The van der Waals surface area contributed by atoms with Crippen molar-refractivity contribution in [3.63, 3.8) is 0 Å². The Labute approximate surface area is 263 Å². The van der Waals surface area contributed by atoms with Gasteiger partial charge in [0, 0.05) is 40.8 Å². The molecule has 1 aromatic heterocycles. The van der Waals surface area contributed by atoms with Gasteiger partial charge in [0.15, 0.2) is 17.3 Å². The van der Waals surface area contributed by atoms with E-state index in [0.29, 0.717) is 40.5 Å². The Hall–Kier alpha value is -4.79. The number of ketones is 1. The van der Waals surface area contributed by atoms with Crippen LogP contribution in [0, 0.1) is 0 Å². The van der Waals surface area contributed by atoms with E-state index in [1.165, 1.54) is 33.2 Å². The molecule has 236 valence electrons. The number of amides is 2. The molecular formula is C36H41N3O6. The standard InChI is InChI=1S/C36H41N3O6/c1-23(40)24-14-17-28(18-15-24)39(33(41)19-16-25-22-37-30-13-9-8-12-29(25)30)34(36(42)38-27-10-6-5-7-11-27)26-20-31(43-2)35(45-4)32(21-26)44-3/h8-9,12-15,17-18,20-22,27,34,37H,5-7,10-11,16,19H2,1-4H3,(H,38,42). The van der Waals surface area contributed by atoms with Crippen molar-refractivity contribution in [3.05, 3.63) is 83.6 Å². The number of nitrogens with one attached hydrogen (secondary N) is 2. The van der Waals surface area contributed by atoms with Crippen molar-refractivity contribution in [1.29, 1.82) is 0 Å². The quantitative estimate of drug-likeness (QED) is 0.176. The molecule has 0 saturated heterocycles. The van der Waals surface area contributed by atoms with Gasteiger partial charge in [-0.25, -0.2) is 0 Å². The third kappa shape index (κ3) is 6.98. The topological polar surface area (TPSA) is 110 Å². The molecule has 5 rings (SSSR count). The van der Waals surface area contributed by atoms with E-state index in [4.69, 9.17) is 14.2 Å². The minimum Gasteiger partial charge on any atom is -0.493 e. The molecule has 1 atom stereocenters. The minimum absolute atomic E-state index is 0.0130. The monoisotopic (exact) mass is 611 g/mol. The molecular weight excluding hydrogens is 570 g/mol. The number of anilines is 1. The smallest absolute Gasteiger partial charge is 0.248 e. The number of aromatic amines is 1. The number of para-hydroxylation sites is 1. The first-order valence-electron chi connectivity index (χ1n) is 15.4. The number of hydrogen-bond donors (Lipinski definition) is 2. The molecule has 1 aliphatic carbocycles. The fourth-order valence-electron chi connectivity index (χ4n) is 6.20. The molecule has 4 aromatic rings. The molecule has 1 unspecified atom stereocenters. The van der Waals surface area contributed by atoms with Crippen LogP contribution in [0.15, 0.2) is 66.9 Å². The van der Waals surface area contributed by atoms with Crippen molar-refractivity contribution in [1.82, 2.24) is 10.3 Å². The number of fused-ring (bicyclic) bond motifs is 1. The molecule has 2 N–H and O–H groups in total. The lowest BCUT2D eigenvalue weighted by atomic mass is 9.94. The van der Waals surface area contributed by atoms with E-state index >= 15 is 0 Å². The van der Waals surface area contributed by atoms with Gasteiger partial charge in [0.25, 0.3) is 0 Å². The maximum atomic E-state index is 14.4. The van der Waals surface area contributed by atoms with E-state index in [-0.39, 0.29) is 30.1 Å². The van der Waals surface area contributed by atoms with Gasteiger partial charge >= 0.3 is 0 Å². The number of methoxy groups -OCH3 is 3. The highest BCUT2D eigenvalue weighted by molar-refractivity contribution is 6.02. The van der Waals surface area contributed by atoms with Crippen LogP contribution >= 0.6 is 0 Å². The number of Topliss-reactive ketones (excluding diaryl/α,β-unsaturated/α-hetero) is 1. The molecule has 9 heteroatoms. The van der Waals surface area contributed by atoms with E-state index in [9.17, 15) is 14.4 Å². The van der Waals surface area contributed by atoms with Crippen molar-refractivity contribution in [2.24, 2.45) is 0 Å². The lowest BCUT2D eigenvalue weighted by Crippen LogP contribution is -2.47. The summed E-state index contributed by atoms with van der Waals surface area (Å²) in [4.78, 5) is 45.7. The summed E-state index contributed by atoms with van der Waals surface area (Å²) in [7, 11) is 4.55. The fourth-order valence-corrected chi connectivity index (χ4v) is 6.20. The van der Waals surface area contributed by atoms with Crippen LogP contribution in [-0.4, -0.2) is 50.0 Å². The van der Waals surface area contributed by atoms with E-state index < -0.39 is 6.04 Å². The molecule has 0 radical (unpaired) electrons. The SMILES string of the molecule is COc1cc(C(C(=O)NC2CCCCC2)N(C(=O)CCc2c[nH]c3ccccc23)c2ccc(C(C)=O)cc2)cc(OC)c1OC. The number of hydrogen-bond acceptors (Lipinski definition) is 6. The van der Waals surface area contributed by atoms with Crippen LogP contribution in [-0.2, 0) is 16.0 Å². The van der Waals surface area contributed by atoms with Crippen LogP contribution in [0.3, 0.4) is 0 Å². The van der Waals surface area contributed by atoms with E-state index in [0.717, 1.165) is 48.6 Å². The van der Waals surface area contributed by atoms with Gasteiger partial charge < -0.3 is 24.5 Å². The minimum atomic E-state index is -1.06. The number of carbonyl (C=O) groups is 3. The van der Waals surface area contributed by atoms with Crippen molar-refractivity contribution < 1.29 is 28.6 Å². The largest absolute Gasteiger partial charge is 0.493 e. The molecule has 2 amide bonds. The van der Waals surface area contributed by atoms with Crippen LogP contribution in [0.5, 0.6) is 17.2 Å². The summed E-state index contributed by atoms with van der Waals surface area (Å²) in [6.45, 7) is 1.50. The Kier molecular flexibility index (Phi) is 10.1. The first-order chi connectivity index (χ1) is 21.8. The summed E-state index contributed by atoms with van der Waals surface area (Å²) in [5.74, 6) is 0.509. The summed E-state index contributed by atoms with van der Waals surface area (Å²) < 4.78 is 16.8. The fraction of sp³-hybridized carbons (Fsp3) is 0.361. The second-order valence-electron chi connectivity index (χ2n) is 11.4. The second kappa shape index (κ2) is 14.3. The highest BCUT2D eigenvalue weighted by Gasteiger charge is 2.35. The average Bonchev–Trinajstić information content (AvgIpc) is 3.48. The van der Waals surface area contributed by atoms with E-state index in [2.05, 4.69) is 10.3 Å². The molecule has 1 heterocycles.